The van der Waals surface area contributed by atoms with Gasteiger partial charge in [0.25, 0.3) is 0 Å². The van der Waals surface area contributed by atoms with Crippen LogP contribution in [0.25, 0.3) is 0 Å². The molecule has 0 aromatic heterocycles. The Labute approximate surface area is 170 Å². The van der Waals surface area contributed by atoms with E-state index in [0.29, 0.717) is 5.92 Å². The van der Waals surface area contributed by atoms with Gasteiger partial charge in [-0.05, 0) is 0 Å². The van der Waals surface area contributed by atoms with Crippen LogP contribution in [0.1, 0.15) is 92.8 Å². The predicted octanol–water partition coefficient (Wildman–Crippen LogP) is 7.66. The number of hydrogen-bond acceptors (Lipinski definition) is 1. The number of likely N-dealkylation sites (tertiary alicyclic amines) is 1. The minimum absolute atomic E-state index is 0.255. The van der Waals surface area contributed by atoms with Crippen LogP contribution in [0.4, 0.5) is 0 Å². The number of unbranched alkanes of at least 4 members (excludes halogenated alkanes) is 3. The van der Waals surface area contributed by atoms with Gasteiger partial charge in [-0.15, -0.1) is 0 Å². The Hall–Kier alpha value is 0.499. The van der Waals surface area contributed by atoms with E-state index in [1.807, 2.05) is 0 Å². The van der Waals surface area contributed by atoms with Crippen molar-refractivity contribution < 1.29 is 1.37 Å². The van der Waals surface area contributed by atoms with Gasteiger partial charge in [-0.2, -0.15) is 0 Å². The molecule has 1 saturated heterocycles. The van der Waals surface area contributed by atoms with Gasteiger partial charge in [-0.3, -0.25) is 0 Å². The normalized spacial score (nSPS) is 24.8. The molecule has 1 nitrogen and oxygen atoms in total. The van der Waals surface area contributed by atoms with Gasteiger partial charge in [0.15, 0.2) is 0 Å². The molecule has 0 aromatic carbocycles. The maximum atomic E-state index is 9.55. The summed E-state index contributed by atoms with van der Waals surface area (Å²) in [5, 5.41) is 0. The fourth-order valence-electron chi connectivity index (χ4n) is 5.36. The van der Waals surface area contributed by atoms with Gasteiger partial charge in [0.05, 0.1) is 0 Å². The summed E-state index contributed by atoms with van der Waals surface area (Å²) in [6, 6.07) is 0.791. The molecule has 1 aliphatic carbocycles. The Morgan fingerprint density at radius 1 is 0.962 bits per heavy atom. The molecule has 2 unspecified atom stereocenters. The van der Waals surface area contributed by atoms with Crippen LogP contribution < -0.4 is 0 Å². The van der Waals surface area contributed by atoms with E-state index < -0.39 is 18.4 Å². The molecule has 1 heterocycles. The maximum absolute atomic E-state index is 9.55. The van der Waals surface area contributed by atoms with Crippen LogP contribution >= 0.6 is 0 Å². The molecule has 2 rings (SSSR count). The van der Waals surface area contributed by atoms with Crippen LogP contribution in [0.15, 0.2) is 12.2 Å². The second kappa shape index (κ2) is 12.1. The van der Waals surface area contributed by atoms with E-state index >= 15 is 0 Å². The first-order valence-electron chi connectivity index (χ1n) is 12.5. The predicted molar refractivity (Wildman–Crippen MR) is 121 cm³/mol. The molecule has 1 aliphatic heterocycles. The van der Waals surface area contributed by atoms with Crippen molar-refractivity contribution >= 4 is 18.4 Å². The first kappa shape index (κ1) is 21.2. The Balaban J connectivity index is 2.13. The van der Waals surface area contributed by atoms with E-state index in [1.165, 1.54) is 96.1 Å². The SMILES string of the molecule is [2H][CH](C1CN(C2CCCCC2)CC1=C)[Sn]([CH2]CCC)([CH2]CCC)[CH2]CCC. The van der Waals surface area contributed by atoms with E-state index in [1.54, 1.807) is 0 Å². The van der Waals surface area contributed by atoms with Crippen molar-refractivity contribution in [3.8, 4) is 0 Å². The molecule has 0 bridgehead atoms. The quantitative estimate of drug-likeness (QED) is 0.210. The molecule has 0 spiro atoms. The van der Waals surface area contributed by atoms with Crippen molar-refractivity contribution in [2.45, 2.75) is 115 Å². The summed E-state index contributed by atoms with van der Waals surface area (Å²) in [6.45, 7) is 13.8. The first-order valence-corrected chi connectivity index (χ1v) is 19.6. The molecule has 0 radical (unpaired) electrons. The number of nitrogens with zero attached hydrogens (tertiary/aromatic N) is 1. The molecule has 1 saturated carbocycles. The molecule has 0 aromatic rings. The van der Waals surface area contributed by atoms with E-state index in [2.05, 4.69) is 32.3 Å². The van der Waals surface area contributed by atoms with Gasteiger partial charge in [-0.25, -0.2) is 0 Å². The summed E-state index contributed by atoms with van der Waals surface area (Å²) in [7, 11) is 0. The topological polar surface area (TPSA) is 3.24 Å². The van der Waals surface area contributed by atoms with E-state index in [0.717, 1.165) is 12.6 Å². The van der Waals surface area contributed by atoms with Gasteiger partial charge in [0, 0.05) is 0 Å². The van der Waals surface area contributed by atoms with Gasteiger partial charge < -0.3 is 0 Å². The summed E-state index contributed by atoms with van der Waals surface area (Å²) < 4.78 is 14.2. The summed E-state index contributed by atoms with van der Waals surface area (Å²) >= 11 is -2.48. The third-order valence-electron chi connectivity index (χ3n) is 7.09. The van der Waals surface area contributed by atoms with Crippen molar-refractivity contribution in [2.24, 2.45) is 5.92 Å². The van der Waals surface area contributed by atoms with E-state index in [-0.39, 0.29) is 4.41 Å². The Kier molecular flexibility index (Phi) is 9.91. The third kappa shape index (κ3) is 6.83. The van der Waals surface area contributed by atoms with Crippen molar-refractivity contribution in [3.63, 3.8) is 0 Å². The second-order valence-corrected chi connectivity index (χ2v) is 22.3. The standard InChI is InChI=1S/C12H20N.3C4H9.Sn/c1-10-8-13(9-11(10)2)12-6-4-3-5-7-12;3*1-3-4-2;/h10,12H,1-9H2;3*1,3-4H2,2H3;/i1D;;;;. The molecular formula is C24H47NSn. The molecule has 0 N–H and O–H groups in total. The molecular weight excluding hydrogens is 421 g/mol. The number of hydrogen-bond donors (Lipinski definition) is 0. The van der Waals surface area contributed by atoms with Gasteiger partial charge >= 0.3 is 171 Å². The molecule has 0 amide bonds. The zero-order chi connectivity index (χ0) is 19.7. The van der Waals surface area contributed by atoms with Crippen LogP contribution in [0.5, 0.6) is 0 Å². The Bertz CT molecular complexity index is 410. The molecule has 152 valence electrons. The van der Waals surface area contributed by atoms with Crippen LogP contribution in [-0.2, 0) is 0 Å². The second-order valence-electron chi connectivity index (χ2n) is 9.33. The minimum atomic E-state index is -2.48. The van der Waals surface area contributed by atoms with Gasteiger partial charge in [-0.1, -0.05) is 0 Å². The molecule has 26 heavy (non-hydrogen) atoms. The van der Waals surface area contributed by atoms with Crippen LogP contribution in [0, 0.1) is 5.92 Å². The number of rotatable bonds is 12. The van der Waals surface area contributed by atoms with E-state index in [9.17, 15) is 1.37 Å². The Morgan fingerprint density at radius 2 is 1.50 bits per heavy atom. The third-order valence-corrected chi connectivity index (χ3v) is 21.8. The van der Waals surface area contributed by atoms with Crippen molar-refractivity contribution in [1.29, 1.82) is 0 Å². The zero-order valence-electron chi connectivity index (χ0n) is 19.2. The average Bonchev–Trinajstić information content (AvgIpc) is 3.09. The molecule has 2 atom stereocenters. The fraction of sp³-hybridized carbons (Fsp3) is 0.917. The van der Waals surface area contributed by atoms with Crippen molar-refractivity contribution in [2.75, 3.05) is 13.1 Å². The fourth-order valence-corrected chi connectivity index (χ4v) is 21.4. The average molecular weight is 469 g/mol. The summed E-state index contributed by atoms with van der Waals surface area (Å²) in [6.07, 6.45) is 15.1. The van der Waals surface area contributed by atoms with Gasteiger partial charge in [0.1, 0.15) is 0 Å². The van der Waals surface area contributed by atoms with Crippen molar-refractivity contribution in [3.05, 3.63) is 12.2 Å². The van der Waals surface area contributed by atoms with Gasteiger partial charge in [0.2, 0.25) is 0 Å². The van der Waals surface area contributed by atoms with Crippen molar-refractivity contribution in [1.82, 2.24) is 4.90 Å². The summed E-state index contributed by atoms with van der Waals surface area (Å²) in [5.41, 5.74) is 1.42. The zero-order valence-corrected chi connectivity index (χ0v) is 21.1. The van der Waals surface area contributed by atoms with Crippen LogP contribution in [-0.4, -0.2) is 42.4 Å². The monoisotopic (exact) mass is 470 g/mol. The summed E-state index contributed by atoms with van der Waals surface area (Å²) in [5.74, 6) is 0.494. The van der Waals surface area contributed by atoms with Crippen LogP contribution in [0.3, 0.4) is 0 Å². The first-order chi connectivity index (χ1) is 13.1. The Morgan fingerprint density at radius 3 is 2.00 bits per heavy atom. The summed E-state index contributed by atoms with van der Waals surface area (Å²) in [4.78, 5) is 2.74. The molecule has 2 fully saturated rings. The van der Waals surface area contributed by atoms with E-state index in [4.69, 9.17) is 0 Å². The molecule has 2 aliphatic rings. The van der Waals surface area contributed by atoms with Crippen LogP contribution in [0.2, 0.25) is 17.7 Å². The molecule has 2 heteroatoms.